The minimum Gasteiger partial charge on any atom is -0.372 e. The molecule has 1 amide bonds. The normalized spacial score (nSPS) is 21.1. The summed E-state index contributed by atoms with van der Waals surface area (Å²) in [7, 11) is 1.57. The molecular weight excluding hydrogens is 228 g/mol. The Bertz CT molecular complexity index is 216. The number of methoxy groups -OCH3 is 1. The summed E-state index contributed by atoms with van der Waals surface area (Å²) >= 11 is 0. The summed E-state index contributed by atoms with van der Waals surface area (Å²) in [5.41, 5.74) is 5.85. The van der Waals surface area contributed by atoms with Gasteiger partial charge in [0, 0.05) is 26.2 Å². The summed E-state index contributed by atoms with van der Waals surface area (Å²) < 4.78 is 5.02. The van der Waals surface area contributed by atoms with E-state index in [1.54, 1.807) is 14.0 Å². The Morgan fingerprint density at radius 1 is 1.38 bits per heavy atom. The number of ether oxygens (including phenoxy) is 1. The molecule has 4 nitrogen and oxygen atoms in total. The maximum absolute atomic E-state index is 11.8. The number of nitrogens with zero attached hydrogens (tertiary/aromatic N) is 1. The van der Waals surface area contributed by atoms with Gasteiger partial charge in [-0.25, -0.2) is 0 Å². The van der Waals surface area contributed by atoms with Crippen molar-refractivity contribution in [2.24, 2.45) is 11.7 Å². The Kier molecular flexibility index (Phi) is 6.95. The van der Waals surface area contributed by atoms with Crippen molar-refractivity contribution in [1.29, 1.82) is 0 Å². The molecule has 1 heterocycles. The van der Waals surface area contributed by atoms with Crippen molar-refractivity contribution in [1.82, 2.24) is 4.90 Å². The first-order valence-electron chi connectivity index (χ1n) is 5.63. The van der Waals surface area contributed by atoms with Gasteiger partial charge >= 0.3 is 0 Å². The molecule has 1 fully saturated rings. The molecule has 1 aliphatic rings. The van der Waals surface area contributed by atoms with Crippen LogP contribution in [0.4, 0.5) is 0 Å². The third-order valence-corrected chi connectivity index (χ3v) is 3.30. The molecule has 16 heavy (non-hydrogen) atoms. The van der Waals surface area contributed by atoms with Gasteiger partial charge in [0.1, 0.15) is 6.10 Å². The van der Waals surface area contributed by atoms with Gasteiger partial charge in [0.25, 0.3) is 5.91 Å². The predicted molar refractivity (Wildman–Crippen MR) is 66.7 cm³/mol. The zero-order chi connectivity index (χ0) is 11.4. The van der Waals surface area contributed by atoms with E-state index < -0.39 is 0 Å². The molecule has 0 saturated carbocycles. The molecule has 5 heteroatoms. The van der Waals surface area contributed by atoms with Crippen LogP contribution in [0.1, 0.15) is 26.7 Å². The molecule has 2 N–H and O–H groups in total. The van der Waals surface area contributed by atoms with Crippen LogP contribution >= 0.6 is 12.4 Å². The van der Waals surface area contributed by atoms with Crippen LogP contribution in [0.25, 0.3) is 0 Å². The average Bonchev–Trinajstić information content (AvgIpc) is 2.27. The summed E-state index contributed by atoms with van der Waals surface area (Å²) in [4.78, 5) is 13.7. The third kappa shape index (κ3) is 3.92. The van der Waals surface area contributed by atoms with Crippen LogP contribution in [0, 0.1) is 5.92 Å². The first-order chi connectivity index (χ1) is 7.06. The van der Waals surface area contributed by atoms with Gasteiger partial charge in [-0.3, -0.25) is 4.79 Å². The highest BCUT2D eigenvalue weighted by Crippen LogP contribution is 2.20. The zero-order valence-corrected chi connectivity index (χ0v) is 11.1. The Labute approximate surface area is 104 Å². The Hall–Kier alpha value is -0.320. The van der Waals surface area contributed by atoms with Crippen molar-refractivity contribution in [3.8, 4) is 0 Å². The van der Waals surface area contributed by atoms with Crippen molar-refractivity contribution in [2.75, 3.05) is 20.2 Å². The number of amides is 1. The van der Waals surface area contributed by atoms with Crippen LogP contribution in [0.2, 0.25) is 0 Å². The van der Waals surface area contributed by atoms with Crippen molar-refractivity contribution in [2.45, 2.75) is 38.8 Å². The van der Waals surface area contributed by atoms with Crippen LogP contribution < -0.4 is 5.73 Å². The van der Waals surface area contributed by atoms with E-state index in [0.717, 1.165) is 25.9 Å². The lowest BCUT2D eigenvalue weighted by Gasteiger charge is -2.34. The van der Waals surface area contributed by atoms with E-state index in [9.17, 15) is 4.79 Å². The second-order valence-electron chi connectivity index (χ2n) is 4.40. The van der Waals surface area contributed by atoms with Crippen molar-refractivity contribution in [3.05, 3.63) is 0 Å². The minimum atomic E-state index is -0.322. The molecule has 96 valence electrons. The smallest absolute Gasteiger partial charge is 0.251 e. The molecule has 0 bridgehead atoms. The minimum absolute atomic E-state index is 0. The first kappa shape index (κ1) is 15.7. The largest absolute Gasteiger partial charge is 0.372 e. The zero-order valence-electron chi connectivity index (χ0n) is 10.3. The highest BCUT2D eigenvalue weighted by Gasteiger charge is 2.27. The van der Waals surface area contributed by atoms with Gasteiger partial charge in [0.05, 0.1) is 0 Å². The molecule has 0 aromatic carbocycles. The van der Waals surface area contributed by atoms with E-state index in [-0.39, 0.29) is 30.5 Å². The number of carbonyl (C=O) groups excluding carboxylic acids is 1. The molecule has 0 spiro atoms. The summed E-state index contributed by atoms with van der Waals surface area (Å²) in [6, 6.07) is 0.238. The van der Waals surface area contributed by atoms with Crippen LogP contribution in [-0.2, 0) is 9.53 Å². The Morgan fingerprint density at radius 3 is 2.25 bits per heavy atom. The van der Waals surface area contributed by atoms with E-state index in [1.165, 1.54) is 0 Å². The van der Waals surface area contributed by atoms with Crippen LogP contribution in [0.3, 0.4) is 0 Å². The van der Waals surface area contributed by atoms with E-state index in [2.05, 4.69) is 0 Å². The van der Waals surface area contributed by atoms with Gasteiger partial charge in [-0.2, -0.15) is 0 Å². The average molecular weight is 251 g/mol. The summed E-state index contributed by atoms with van der Waals surface area (Å²) in [5.74, 6) is 0.660. The summed E-state index contributed by atoms with van der Waals surface area (Å²) in [5, 5.41) is 0. The lowest BCUT2D eigenvalue weighted by atomic mass is 9.91. The van der Waals surface area contributed by atoms with Crippen LogP contribution in [0.15, 0.2) is 0 Å². The SMILES string of the molecule is COC(C)C(=O)N1CCC(C(C)N)CC1.Cl. The molecule has 0 aromatic heterocycles. The quantitative estimate of drug-likeness (QED) is 0.814. The van der Waals surface area contributed by atoms with Crippen LogP contribution in [-0.4, -0.2) is 43.2 Å². The summed E-state index contributed by atoms with van der Waals surface area (Å²) in [6.45, 7) is 5.47. The molecule has 0 aliphatic carbocycles. The topological polar surface area (TPSA) is 55.6 Å². The molecule has 0 aromatic rings. The van der Waals surface area contributed by atoms with Crippen molar-refractivity contribution in [3.63, 3.8) is 0 Å². The lowest BCUT2D eigenvalue weighted by molar-refractivity contribution is -0.142. The second kappa shape index (κ2) is 7.09. The molecule has 2 atom stereocenters. The van der Waals surface area contributed by atoms with E-state index in [4.69, 9.17) is 10.5 Å². The van der Waals surface area contributed by atoms with E-state index in [0.29, 0.717) is 5.92 Å². The maximum atomic E-state index is 11.8. The highest BCUT2D eigenvalue weighted by atomic mass is 35.5. The van der Waals surface area contributed by atoms with E-state index >= 15 is 0 Å². The van der Waals surface area contributed by atoms with E-state index in [1.807, 2.05) is 11.8 Å². The number of rotatable bonds is 3. The standard InChI is InChI=1S/C11H22N2O2.ClH/c1-8(12)10-4-6-13(7-5-10)11(14)9(2)15-3;/h8-10H,4-7,12H2,1-3H3;1H. The predicted octanol–water partition coefficient (Wildman–Crippen LogP) is 1.03. The molecule has 1 saturated heterocycles. The van der Waals surface area contributed by atoms with Gasteiger partial charge in [-0.15, -0.1) is 12.4 Å². The molecule has 2 unspecified atom stereocenters. The number of likely N-dealkylation sites (tertiary alicyclic amines) is 1. The Balaban J connectivity index is 0.00000225. The fourth-order valence-corrected chi connectivity index (χ4v) is 2.00. The number of carbonyl (C=O) groups is 1. The first-order valence-corrected chi connectivity index (χ1v) is 5.63. The number of hydrogen-bond acceptors (Lipinski definition) is 3. The monoisotopic (exact) mass is 250 g/mol. The Morgan fingerprint density at radius 2 is 1.88 bits per heavy atom. The molecule has 0 radical (unpaired) electrons. The fraction of sp³-hybridized carbons (Fsp3) is 0.909. The van der Waals surface area contributed by atoms with Gasteiger partial charge in [-0.05, 0) is 32.6 Å². The number of hydrogen-bond donors (Lipinski definition) is 1. The summed E-state index contributed by atoms with van der Waals surface area (Å²) in [6.07, 6.45) is 1.71. The van der Waals surface area contributed by atoms with Gasteiger partial charge in [0.2, 0.25) is 0 Å². The second-order valence-corrected chi connectivity index (χ2v) is 4.40. The molecule has 1 aliphatic heterocycles. The van der Waals surface area contributed by atoms with Gasteiger partial charge < -0.3 is 15.4 Å². The maximum Gasteiger partial charge on any atom is 0.251 e. The number of nitrogens with two attached hydrogens (primary N) is 1. The van der Waals surface area contributed by atoms with Crippen molar-refractivity contribution >= 4 is 18.3 Å². The number of halogens is 1. The van der Waals surface area contributed by atoms with Crippen molar-refractivity contribution < 1.29 is 9.53 Å². The fourth-order valence-electron chi connectivity index (χ4n) is 2.00. The van der Waals surface area contributed by atoms with Gasteiger partial charge in [-0.1, -0.05) is 0 Å². The molecule has 1 rings (SSSR count). The third-order valence-electron chi connectivity index (χ3n) is 3.30. The highest BCUT2D eigenvalue weighted by molar-refractivity contribution is 5.85. The van der Waals surface area contributed by atoms with Gasteiger partial charge in [0.15, 0.2) is 0 Å². The van der Waals surface area contributed by atoms with Crippen LogP contribution in [0.5, 0.6) is 0 Å². The molecular formula is C11H23ClN2O2. The lowest BCUT2D eigenvalue weighted by Crippen LogP contribution is -2.46. The number of piperidine rings is 1.